The number of ether oxygens (including phenoxy) is 2. The van der Waals surface area contributed by atoms with E-state index in [1.165, 1.54) is 11.8 Å². The first-order valence-electron chi connectivity index (χ1n) is 14.8. The van der Waals surface area contributed by atoms with Gasteiger partial charge in [0, 0.05) is 21.8 Å². The highest BCUT2D eigenvalue weighted by Crippen LogP contribution is 2.69. The van der Waals surface area contributed by atoms with Crippen molar-refractivity contribution < 1.29 is 28.6 Å². The molecule has 0 spiro atoms. The van der Waals surface area contributed by atoms with Crippen molar-refractivity contribution in [3.05, 3.63) is 47.0 Å². The largest absolute Gasteiger partial charge is 0.431 e. The molecule has 41 heavy (non-hydrogen) atoms. The Morgan fingerprint density at radius 2 is 2.12 bits per heavy atom. The highest BCUT2D eigenvalue weighted by Gasteiger charge is 2.75. The number of carbonyl (C=O) groups excluding carboxylic acids is 2. The molecule has 4 aliphatic carbocycles. The number of allylic oxidation sites excluding steroid dienone is 4. The molecule has 0 bridgehead atoms. The van der Waals surface area contributed by atoms with Gasteiger partial charge in [0.1, 0.15) is 5.52 Å². The maximum Gasteiger partial charge on any atom is 0.257 e. The highest BCUT2D eigenvalue weighted by atomic mass is 35.5. The third-order valence-electron chi connectivity index (χ3n) is 10.9. The maximum atomic E-state index is 14.4. The first-order chi connectivity index (χ1) is 19.6. The molecular weight excluding hydrogens is 562 g/mol. The fourth-order valence-electron chi connectivity index (χ4n) is 9.18. The molecule has 1 saturated heterocycles. The van der Waals surface area contributed by atoms with Crippen LogP contribution in [-0.4, -0.2) is 51.5 Å². The second kappa shape index (κ2) is 9.78. The van der Waals surface area contributed by atoms with Crippen molar-refractivity contribution in [3.8, 4) is 0 Å². The van der Waals surface area contributed by atoms with Crippen LogP contribution in [0.3, 0.4) is 0 Å². The van der Waals surface area contributed by atoms with E-state index in [1.54, 1.807) is 30.4 Å². The Hall–Kier alpha value is -1.97. The lowest BCUT2D eigenvalue weighted by atomic mass is 9.46. The Labute approximate surface area is 249 Å². The third kappa shape index (κ3) is 4.00. The fraction of sp³-hybridized carbons (Fsp3) is 0.594. The number of rotatable bonds is 6. The van der Waals surface area contributed by atoms with Gasteiger partial charge in [0.05, 0.1) is 18.0 Å². The third-order valence-corrected chi connectivity index (χ3v) is 11.9. The van der Waals surface area contributed by atoms with Gasteiger partial charge in [-0.2, -0.15) is 0 Å². The molecule has 5 aliphatic rings. The molecule has 1 aliphatic heterocycles. The van der Waals surface area contributed by atoms with Gasteiger partial charge in [-0.3, -0.25) is 9.59 Å². The van der Waals surface area contributed by atoms with Gasteiger partial charge >= 0.3 is 0 Å². The van der Waals surface area contributed by atoms with Gasteiger partial charge < -0.3 is 19.0 Å². The Bertz CT molecular complexity index is 1490. The summed E-state index contributed by atoms with van der Waals surface area (Å²) in [5.74, 6) is 0.422. The van der Waals surface area contributed by atoms with Gasteiger partial charge in [0.15, 0.2) is 29.0 Å². The molecule has 2 heterocycles. The molecule has 0 radical (unpaired) electrons. The van der Waals surface area contributed by atoms with Crippen molar-refractivity contribution >= 4 is 46.0 Å². The first-order valence-corrected chi connectivity index (χ1v) is 16.1. The van der Waals surface area contributed by atoms with Gasteiger partial charge in [-0.15, -0.1) is 0 Å². The standard InChI is InChI=1S/C32H36ClNO6S/c1-4-5-27-39-26-14-21-20-8-6-17-12-19(35)10-11-30(17,2)28(20)23(36)15-31(21,3)32(26,40-27)25(37)16-41-29-34-22-13-18(33)7-9-24(22)38-29/h7,9-13,20-21,23,26-28,36H,4-6,8,14-16H2,1-3H3/t20?,21?,23-,26+,27+,28?,30?,31?,32+/m0/s1. The van der Waals surface area contributed by atoms with Crippen LogP contribution in [0.15, 0.2) is 51.6 Å². The molecule has 9 heteroatoms. The number of aliphatic hydroxyl groups is 1. The van der Waals surface area contributed by atoms with Crippen LogP contribution >= 0.6 is 23.4 Å². The van der Waals surface area contributed by atoms with Crippen molar-refractivity contribution in [2.45, 2.75) is 88.6 Å². The van der Waals surface area contributed by atoms with Crippen molar-refractivity contribution in [1.29, 1.82) is 0 Å². The minimum atomic E-state index is -1.15. The number of carbonyl (C=O) groups is 2. The lowest BCUT2D eigenvalue weighted by Gasteiger charge is -2.59. The summed E-state index contributed by atoms with van der Waals surface area (Å²) in [4.78, 5) is 31.2. The molecule has 1 N–H and O–H groups in total. The lowest BCUT2D eigenvalue weighted by molar-refractivity contribution is -0.197. The number of hydrogen-bond donors (Lipinski definition) is 1. The van der Waals surface area contributed by atoms with Crippen LogP contribution in [0.5, 0.6) is 0 Å². The zero-order chi connectivity index (χ0) is 28.7. The quantitative estimate of drug-likeness (QED) is 0.387. The molecule has 7 rings (SSSR count). The topological polar surface area (TPSA) is 98.9 Å². The van der Waals surface area contributed by atoms with Crippen molar-refractivity contribution in [2.75, 3.05) is 5.75 Å². The van der Waals surface area contributed by atoms with E-state index < -0.39 is 23.4 Å². The van der Waals surface area contributed by atoms with Gasteiger partial charge in [0.2, 0.25) is 0 Å². The summed E-state index contributed by atoms with van der Waals surface area (Å²) in [7, 11) is 0. The molecule has 7 nitrogen and oxygen atoms in total. The van der Waals surface area contributed by atoms with Crippen LogP contribution in [0, 0.1) is 28.6 Å². The van der Waals surface area contributed by atoms with Crippen molar-refractivity contribution in [1.82, 2.24) is 4.98 Å². The Morgan fingerprint density at radius 1 is 1.29 bits per heavy atom. The fourth-order valence-corrected chi connectivity index (χ4v) is 10.1. The van der Waals surface area contributed by atoms with Crippen LogP contribution in [0.2, 0.25) is 5.02 Å². The van der Waals surface area contributed by atoms with E-state index in [0.717, 1.165) is 31.3 Å². The molecule has 218 valence electrons. The highest BCUT2D eigenvalue weighted by molar-refractivity contribution is 7.99. The molecule has 4 fully saturated rings. The number of aliphatic hydroxyl groups excluding tert-OH is 1. The Kier molecular flexibility index (Phi) is 6.64. The summed E-state index contributed by atoms with van der Waals surface area (Å²) >= 11 is 7.38. The number of thioether (sulfide) groups is 1. The van der Waals surface area contributed by atoms with Crippen LogP contribution in [0.4, 0.5) is 0 Å². The van der Waals surface area contributed by atoms with E-state index in [4.69, 9.17) is 25.5 Å². The van der Waals surface area contributed by atoms with E-state index in [0.29, 0.717) is 34.2 Å². The van der Waals surface area contributed by atoms with Gasteiger partial charge in [0.25, 0.3) is 5.22 Å². The predicted molar refractivity (Wildman–Crippen MR) is 156 cm³/mol. The van der Waals surface area contributed by atoms with Crippen molar-refractivity contribution in [3.63, 3.8) is 0 Å². The van der Waals surface area contributed by atoms with Gasteiger partial charge in [-0.1, -0.05) is 62.2 Å². The number of ketones is 2. The average molecular weight is 598 g/mol. The van der Waals surface area contributed by atoms with Crippen molar-refractivity contribution in [2.24, 2.45) is 28.6 Å². The average Bonchev–Trinajstić information content (AvgIpc) is 3.57. The molecule has 2 aromatic rings. The summed E-state index contributed by atoms with van der Waals surface area (Å²) in [6.07, 6.45) is 8.43. The van der Waals surface area contributed by atoms with E-state index in [1.807, 2.05) is 6.08 Å². The Morgan fingerprint density at radius 3 is 2.93 bits per heavy atom. The normalized spacial score (nSPS) is 41.1. The molecule has 1 aromatic heterocycles. The van der Waals surface area contributed by atoms with Crippen LogP contribution in [0.25, 0.3) is 11.1 Å². The summed E-state index contributed by atoms with van der Waals surface area (Å²) in [6, 6.07) is 5.28. The first kappa shape index (κ1) is 27.8. The van der Waals surface area contributed by atoms with E-state index in [-0.39, 0.29) is 46.6 Å². The van der Waals surface area contributed by atoms with Gasteiger partial charge in [-0.05, 0) is 74.3 Å². The predicted octanol–water partition coefficient (Wildman–Crippen LogP) is 6.31. The van der Waals surface area contributed by atoms with E-state index in [2.05, 4.69) is 25.8 Å². The Balaban J connectivity index is 1.21. The van der Waals surface area contributed by atoms with E-state index in [9.17, 15) is 14.7 Å². The molecule has 3 saturated carbocycles. The smallest absolute Gasteiger partial charge is 0.257 e. The monoisotopic (exact) mass is 597 g/mol. The maximum absolute atomic E-state index is 14.4. The summed E-state index contributed by atoms with van der Waals surface area (Å²) < 4.78 is 19.2. The van der Waals surface area contributed by atoms with E-state index >= 15 is 0 Å². The number of fused-ring (bicyclic) bond motifs is 8. The number of Topliss-reactive ketones (excluding diaryl/α,β-unsaturated/α-hetero) is 1. The SMILES string of the molecule is CCC[C@@H]1O[C@@H]2CC3C4CCC5=CC(=O)C=CC5(C)C4[C@@H](O)CC3(C)[C@]2(C(=O)CSc2nc3cc(Cl)ccc3o2)O1. The number of benzene rings is 1. The summed E-state index contributed by atoms with van der Waals surface area (Å²) in [5.41, 5.74) is 0.268. The number of halogens is 1. The number of nitrogens with zero attached hydrogens (tertiary/aromatic N) is 1. The zero-order valence-electron chi connectivity index (χ0n) is 23.6. The zero-order valence-corrected chi connectivity index (χ0v) is 25.2. The molecule has 9 atom stereocenters. The van der Waals surface area contributed by atoms with Gasteiger partial charge in [-0.25, -0.2) is 4.98 Å². The molecule has 1 aromatic carbocycles. The summed E-state index contributed by atoms with van der Waals surface area (Å²) in [5, 5.41) is 12.9. The minimum absolute atomic E-state index is 0.0225. The van der Waals surface area contributed by atoms with Crippen LogP contribution in [-0.2, 0) is 19.1 Å². The number of hydrogen-bond acceptors (Lipinski definition) is 8. The second-order valence-corrected chi connectivity index (χ2v) is 14.3. The molecular formula is C32H36ClNO6S. The molecule has 5 unspecified atom stereocenters. The summed E-state index contributed by atoms with van der Waals surface area (Å²) in [6.45, 7) is 6.39. The minimum Gasteiger partial charge on any atom is -0.431 e. The second-order valence-electron chi connectivity index (χ2n) is 12.9. The lowest BCUT2D eigenvalue weighted by Crippen LogP contribution is -2.63. The number of oxazole rings is 1. The van der Waals surface area contributed by atoms with Crippen LogP contribution < -0.4 is 0 Å². The number of aromatic nitrogens is 1. The van der Waals surface area contributed by atoms with Crippen LogP contribution in [0.1, 0.15) is 59.3 Å². The molecule has 0 amide bonds.